The molecule has 1 aromatic heterocycles. The van der Waals surface area contributed by atoms with E-state index in [0.717, 1.165) is 22.4 Å². The van der Waals surface area contributed by atoms with Crippen LogP contribution in [0.25, 0.3) is 16.9 Å². The van der Waals surface area contributed by atoms with Crippen LogP contribution in [0.1, 0.15) is 32.0 Å². The van der Waals surface area contributed by atoms with E-state index in [0.29, 0.717) is 5.69 Å². The van der Waals surface area contributed by atoms with Crippen molar-refractivity contribution in [1.82, 2.24) is 9.78 Å². The molecule has 0 aliphatic heterocycles. The number of carbonyl (C=O) groups excluding carboxylic acids is 2. The number of aromatic nitrogens is 2. The Morgan fingerprint density at radius 3 is 2.16 bits per heavy atom. The quantitative estimate of drug-likeness (QED) is 0.765. The van der Waals surface area contributed by atoms with Gasteiger partial charge in [-0.2, -0.15) is 5.10 Å². The molecule has 0 bridgehead atoms. The Bertz CT molecular complexity index is 975. The van der Waals surface area contributed by atoms with Crippen LogP contribution in [-0.2, 0) is 0 Å². The summed E-state index contributed by atoms with van der Waals surface area (Å²) < 4.78 is 1.54. The normalized spacial score (nSPS) is 10.6. The molecule has 25 heavy (non-hydrogen) atoms. The van der Waals surface area contributed by atoms with Gasteiger partial charge in [0.1, 0.15) is 0 Å². The maximum Gasteiger partial charge on any atom is 0.270 e. The monoisotopic (exact) mass is 334 g/mol. The molecule has 3 aromatic rings. The van der Waals surface area contributed by atoms with Crippen LogP contribution < -0.4 is 11.5 Å². The van der Waals surface area contributed by atoms with Gasteiger partial charge in [-0.25, -0.2) is 4.68 Å². The van der Waals surface area contributed by atoms with Crippen LogP contribution in [0.15, 0.2) is 48.5 Å². The number of aryl methyl sites for hydroxylation is 2. The Kier molecular flexibility index (Phi) is 4.10. The highest BCUT2D eigenvalue weighted by atomic mass is 16.2. The molecule has 1 heterocycles. The van der Waals surface area contributed by atoms with E-state index in [9.17, 15) is 9.59 Å². The molecule has 4 N–H and O–H groups in total. The highest BCUT2D eigenvalue weighted by molar-refractivity contribution is 6.09. The van der Waals surface area contributed by atoms with Crippen molar-refractivity contribution < 1.29 is 9.59 Å². The molecule has 126 valence electrons. The van der Waals surface area contributed by atoms with Crippen LogP contribution in [-0.4, -0.2) is 21.6 Å². The molecule has 6 nitrogen and oxygen atoms in total. The van der Waals surface area contributed by atoms with E-state index in [2.05, 4.69) is 5.10 Å². The fourth-order valence-electron chi connectivity index (χ4n) is 2.73. The van der Waals surface area contributed by atoms with Gasteiger partial charge in [0.25, 0.3) is 11.8 Å². The molecule has 0 unspecified atom stereocenters. The third kappa shape index (κ3) is 2.89. The largest absolute Gasteiger partial charge is 0.365 e. The molecule has 0 aliphatic rings. The Morgan fingerprint density at radius 1 is 0.920 bits per heavy atom. The first-order valence-electron chi connectivity index (χ1n) is 7.76. The van der Waals surface area contributed by atoms with E-state index in [-0.39, 0.29) is 11.3 Å². The molecule has 6 heteroatoms. The first-order chi connectivity index (χ1) is 11.9. The second kappa shape index (κ2) is 6.24. The summed E-state index contributed by atoms with van der Waals surface area (Å²) in [5.41, 5.74) is 14.9. The smallest absolute Gasteiger partial charge is 0.270 e. The molecule has 0 atom stereocenters. The van der Waals surface area contributed by atoms with E-state index >= 15 is 0 Å². The van der Waals surface area contributed by atoms with Gasteiger partial charge in [-0.05, 0) is 37.1 Å². The summed E-state index contributed by atoms with van der Waals surface area (Å²) in [5, 5.41) is 4.29. The highest BCUT2D eigenvalue weighted by Gasteiger charge is 2.27. The number of hydrogen-bond donors (Lipinski definition) is 2. The van der Waals surface area contributed by atoms with Crippen molar-refractivity contribution >= 4 is 11.8 Å². The fraction of sp³-hybridized carbons (Fsp3) is 0.105. The first-order valence-corrected chi connectivity index (χ1v) is 7.76. The third-order valence-corrected chi connectivity index (χ3v) is 4.15. The van der Waals surface area contributed by atoms with E-state index in [4.69, 9.17) is 11.5 Å². The molecular formula is C19H18N4O2. The van der Waals surface area contributed by atoms with Crippen LogP contribution in [0.5, 0.6) is 0 Å². The number of rotatable bonds is 4. The number of benzene rings is 2. The third-order valence-electron chi connectivity index (χ3n) is 4.15. The predicted molar refractivity (Wildman–Crippen MR) is 95.5 cm³/mol. The zero-order valence-electron chi connectivity index (χ0n) is 14.0. The van der Waals surface area contributed by atoms with Crippen molar-refractivity contribution in [2.24, 2.45) is 11.5 Å². The lowest BCUT2D eigenvalue weighted by molar-refractivity contribution is 0.0965. The lowest BCUT2D eigenvalue weighted by atomic mass is 10.0. The van der Waals surface area contributed by atoms with Crippen LogP contribution >= 0.6 is 0 Å². The number of nitrogens with zero attached hydrogens (tertiary/aromatic N) is 2. The van der Waals surface area contributed by atoms with Gasteiger partial charge in [0.05, 0.1) is 16.9 Å². The van der Waals surface area contributed by atoms with E-state index < -0.39 is 11.8 Å². The van der Waals surface area contributed by atoms with Crippen molar-refractivity contribution in [2.45, 2.75) is 13.8 Å². The molecule has 0 aliphatic carbocycles. The Balaban J connectivity index is 2.38. The molecule has 0 saturated carbocycles. The molecule has 2 aromatic carbocycles. The first kappa shape index (κ1) is 16.4. The SMILES string of the molecule is Cc1ccc(-n2nc(C(N)=O)c(C(N)=O)c2-c2ccccc2)cc1C. The summed E-state index contributed by atoms with van der Waals surface area (Å²) in [6.07, 6.45) is 0. The summed E-state index contributed by atoms with van der Waals surface area (Å²) in [4.78, 5) is 23.9. The van der Waals surface area contributed by atoms with Crippen molar-refractivity contribution in [3.63, 3.8) is 0 Å². The second-order valence-corrected chi connectivity index (χ2v) is 5.85. The number of hydrogen-bond acceptors (Lipinski definition) is 3. The summed E-state index contributed by atoms with van der Waals surface area (Å²) in [5.74, 6) is -1.55. The lowest BCUT2D eigenvalue weighted by Gasteiger charge is -2.10. The molecular weight excluding hydrogens is 316 g/mol. The summed E-state index contributed by atoms with van der Waals surface area (Å²) >= 11 is 0. The number of carbonyl (C=O) groups is 2. The van der Waals surface area contributed by atoms with Gasteiger partial charge in [0.15, 0.2) is 5.69 Å². The average molecular weight is 334 g/mol. The van der Waals surface area contributed by atoms with Crippen molar-refractivity contribution in [3.05, 3.63) is 70.9 Å². The van der Waals surface area contributed by atoms with Crippen LogP contribution in [0.4, 0.5) is 0 Å². The Morgan fingerprint density at radius 2 is 1.60 bits per heavy atom. The fourth-order valence-corrected chi connectivity index (χ4v) is 2.73. The minimum atomic E-state index is -0.798. The number of nitrogens with two attached hydrogens (primary N) is 2. The number of primary amides is 2. The van der Waals surface area contributed by atoms with Gasteiger partial charge in [0, 0.05) is 5.56 Å². The maximum atomic E-state index is 12.0. The molecule has 0 spiro atoms. The minimum Gasteiger partial charge on any atom is -0.365 e. The molecule has 0 saturated heterocycles. The van der Waals surface area contributed by atoms with Gasteiger partial charge in [-0.3, -0.25) is 9.59 Å². The van der Waals surface area contributed by atoms with Crippen molar-refractivity contribution in [3.8, 4) is 16.9 Å². The average Bonchev–Trinajstić information content (AvgIpc) is 2.99. The van der Waals surface area contributed by atoms with Crippen LogP contribution in [0.2, 0.25) is 0 Å². The van der Waals surface area contributed by atoms with E-state index in [1.807, 2.05) is 62.4 Å². The Labute approximate surface area is 145 Å². The second-order valence-electron chi connectivity index (χ2n) is 5.85. The Hall–Kier alpha value is -3.41. The summed E-state index contributed by atoms with van der Waals surface area (Å²) in [6, 6.07) is 14.9. The maximum absolute atomic E-state index is 12.0. The van der Waals surface area contributed by atoms with E-state index in [1.165, 1.54) is 0 Å². The van der Waals surface area contributed by atoms with Crippen molar-refractivity contribution in [1.29, 1.82) is 0 Å². The topological polar surface area (TPSA) is 104 Å². The molecule has 0 fully saturated rings. The van der Waals surface area contributed by atoms with Gasteiger partial charge >= 0.3 is 0 Å². The number of amides is 2. The van der Waals surface area contributed by atoms with Gasteiger partial charge in [-0.1, -0.05) is 36.4 Å². The van der Waals surface area contributed by atoms with Crippen LogP contribution in [0, 0.1) is 13.8 Å². The molecule has 0 radical (unpaired) electrons. The summed E-state index contributed by atoms with van der Waals surface area (Å²) in [7, 11) is 0. The molecule has 3 rings (SSSR count). The zero-order chi connectivity index (χ0) is 18.1. The standard InChI is InChI=1S/C19H18N4O2/c1-11-8-9-14(10-12(11)2)23-17(13-6-4-3-5-7-13)15(18(20)24)16(22-23)19(21)25/h3-10H,1-2H3,(H2,20,24)(H2,21,25). The molecule has 2 amide bonds. The van der Waals surface area contributed by atoms with Gasteiger partial charge < -0.3 is 11.5 Å². The van der Waals surface area contributed by atoms with Gasteiger partial charge in [-0.15, -0.1) is 0 Å². The summed E-state index contributed by atoms with van der Waals surface area (Å²) in [6.45, 7) is 3.98. The van der Waals surface area contributed by atoms with Crippen LogP contribution in [0.3, 0.4) is 0 Å². The predicted octanol–water partition coefficient (Wildman–Crippen LogP) is 2.35. The zero-order valence-corrected chi connectivity index (χ0v) is 14.0. The minimum absolute atomic E-state index is 0.0249. The lowest BCUT2D eigenvalue weighted by Crippen LogP contribution is -2.20. The highest BCUT2D eigenvalue weighted by Crippen LogP contribution is 2.29. The van der Waals surface area contributed by atoms with E-state index in [1.54, 1.807) is 4.68 Å². The van der Waals surface area contributed by atoms with Gasteiger partial charge in [0.2, 0.25) is 0 Å². The van der Waals surface area contributed by atoms with Crippen molar-refractivity contribution in [2.75, 3.05) is 0 Å².